The Morgan fingerprint density at radius 2 is 1.43 bits per heavy atom. The second-order valence-corrected chi connectivity index (χ2v) is 17.7. The van der Waals surface area contributed by atoms with Crippen LogP contribution in [0.4, 0.5) is 0 Å². The van der Waals surface area contributed by atoms with Crippen molar-refractivity contribution in [2.45, 2.75) is 92.2 Å². The standard InChI is InChI=1S/C43H46INO11.2Ac/c1-23-27(55-39(51)33(47)31(24-14-8-5-9-15-24)45-37(49)25-16-10-6-11-17-25)21-43(53)36(56-38(50)26-18-12-7-13-19-26)34-41(4,28(44)20-29-42(34,52)22-54-29)35(48)32(46)30(23)40(43,2)3;;/h5-19,27-29,31-34,36,46-47,52-53H,20-22H2,1-4H3,(H,45,49);;/t27?,28?,29?,31?,32?,33?,34?,36-,41+,42?,43?;;/m0../s1. The van der Waals surface area contributed by atoms with E-state index in [0.29, 0.717) is 11.1 Å². The van der Waals surface area contributed by atoms with Crippen LogP contribution in [0.1, 0.15) is 72.9 Å². The van der Waals surface area contributed by atoms with E-state index in [1.807, 2.05) is 0 Å². The maximum absolute atomic E-state index is 14.9. The molecule has 2 bridgehead atoms. The van der Waals surface area contributed by atoms with Crippen LogP contribution in [0.15, 0.2) is 102 Å². The molecule has 2 saturated carbocycles. The van der Waals surface area contributed by atoms with Gasteiger partial charge in [-0.05, 0) is 54.3 Å². The van der Waals surface area contributed by atoms with Gasteiger partial charge in [-0.15, -0.1) is 0 Å². The van der Waals surface area contributed by atoms with Gasteiger partial charge in [-0.1, -0.05) is 110 Å². The summed E-state index contributed by atoms with van der Waals surface area (Å²) in [7, 11) is 0. The van der Waals surface area contributed by atoms with E-state index >= 15 is 0 Å². The van der Waals surface area contributed by atoms with Crippen LogP contribution in [0.5, 0.6) is 0 Å². The largest absolute Gasteiger partial charge is 0.456 e. The summed E-state index contributed by atoms with van der Waals surface area (Å²) in [5.41, 5.74) is -5.77. The van der Waals surface area contributed by atoms with Gasteiger partial charge < -0.3 is 40.0 Å². The van der Waals surface area contributed by atoms with Crippen molar-refractivity contribution in [2.24, 2.45) is 16.7 Å². The molecule has 12 nitrogen and oxygen atoms in total. The van der Waals surface area contributed by atoms with Crippen LogP contribution in [-0.4, -0.2) is 96.3 Å². The number of alkyl halides is 1. The molecular formula is C43H46Ac2INO11. The topological polar surface area (TPSA) is 189 Å². The van der Waals surface area contributed by atoms with Gasteiger partial charge in [0.15, 0.2) is 11.9 Å². The first-order valence-corrected chi connectivity index (χ1v) is 19.9. The molecule has 3 fully saturated rings. The summed E-state index contributed by atoms with van der Waals surface area (Å²) in [6.07, 6.45) is -7.62. The number of nitrogens with one attached hydrogen (secondary N) is 1. The van der Waals surface area contributed by atoms with Crippen LogP contribution in [-0.2, 0) is 23.8 Å². The van der Waals surface area contributed by atoms with Crippen LogP contribution in [0.25, 0.3) is 0 Å². The van der Waals surface area contributed by atoms with Crippen molar-refractivity contribution >= 4 is 46.2 Å². The van der Waals surface area contributed by atoms with E-state index in [1.165, 1.54) is 0 Å². The molecule has 3 aliphatic carbocycles. The number of hydrogen-bond donors (Lipinski definition) is 5. The van der Waals surface area contributed by atoms with Gasteiger partial charge in [0.2, 0.25) is 0 Å². The van der Waals surface area contributed by atoms with E-state index in [4.69, 9.17) is 14.2 Å². The van der Waals surface area contributed by atoms with Crippen molar-refractivity contribution in [3.63, 3.8) is 0 Å². The number of esters is 2. The average molecular weight is 1330 g/mol. The van der Waals surface area contributed by atoms with Gasteiger partial charge in [0, 0.05) is 115 Å². The molecule has 0 spiro atoms. The zero-order valence-electron chi connectivity index (χ0n) is 32.6. The molecule has 302 valence electrons. The fourth-order valence-electron chi connectivity index (χ4n) is 9.50. The Morgan fingerprint density at radius 1 is 0.879 bits per heavy atom. The molecule has 0 aromatic heterocycles. The number of Topliss-reactive ketones (excluding diaryl/α,β-unsaturated/α-hetero) is 1. The Labute approximate surface area is 422 Å². The minimum absolute atomic E-state index is 0. The van der Waals surface area contributed by atoms with Gasteiger partial charge in [0.05, 0.1) is 29.7 Å². The monoisotopic (exact) mass is 1330 g/mol. The number of aliphatic hydroxyl groups is 4. The van der Waals surface area contributed by atoms with Crippen molar-refractivity contribution in [3.05, 3.63) is 119 Å². The van der Waals surface area contributed by atoms with E-state index in [1.54, 1.807) is 119 Å². The number of halogens is 1. The van der Waals surface area contributed by atoms with Crippen molar-refractivity contribution < 1.29 is 142 Å². The summed E-state index contributed by atoms with van der Waals surface area (Å²) < 4.78 is 17.7. The normalized spacial score (nSPS) is 33.1. The molecule has 3 aromatic rings. The smallest absolute Gasteiger partial charge is 0.338 e. The van der Waals surface area contributed by atoms with Crippen LogP contribution in [0.2, 0.25) is 0 Å². The van der Waals surface area contributed by atoms with E-state index in [0.717, 1.165) is 0 Å². The number of amides is 1. The Hall–Kier alpha value is -1.11. The third-order valence-corrected chi connectivity index (χ3v) is 14.7. The number of rotatable bonds is 8. The summed E-state index contributed by atoms with van der Waals surface area (Å²) in [4.78, 5) is 56.3. The molecule has 7 rings (SSSR count). The number of ketones is 1. The van der Waals surface area contributed by atoms with Gasteiger partial charge in [0.25, 0.3) is 5.91 Å². The third kappa shape index (κ3) is 8.03. The molecule has 3 aromatic carbocycles. The molecule has 58 heavy (non-hydrogen) atoms. The summed E-state index contributed by atoms with van der Waals surface area (Å²) in [6, 6.07) is 23.5. The molecule has 5 N–H and O–H groups in total. The SMILES string of the molecule is CC1=C2C(O)C(=O)[C@]3(C)C(I)CC4OCC4(O)C3[C@H](OC(=O)c3ccccc3)C(O)(CC1OC(=O)C(O)C(NC(=O)c1ccccc1)c1ccccc1)C2(C)C.[Ac].[Ac]. The summed E-state index contributed by atoms with van der Waals surface area (Å²) in [5.74, 6) is -4.45. The number of hydrogen-bond acceptors (Lipinski definition) is 11. The maximum atomic E-state index is 14.9. The Kier molecular flexibility index (Phi) is 15.1. The molecule has 11 atom stereocenters. The first-order chi connectivity index (χ1) is 26.5. The quantitative estimate of drug-likeness (QED) is 0.0949. The van der Waals surface area contributed by atoms with Crippen molar-refractivity contribution in [1.82, 2.24) is 5.32 Å². The molecule has 15 heteroatoms. The Balaban J connectivity index is 0.00000320. The number of carbonyl (C=O) groups excluding carboxylic acids is 4. The zero-order chi connectivity index (χ0) is 40.4. The fourth-order valence-corrected chi connectivity index (χ4v) is 10.7. The molecular weight excluding hydrogens is 1290 g/mol. The third-order valence-electron chi connectivity index (χ3n) is 12.9. The minimum Gasteiger partial charge on any atom is -0.456 e. The first kappa shape index (κ1) is 47.9. The number of benzene rings is 3. The van der Waals surface area contributed by atoms with E-state index < -0.39 is 98.5 Å². The predicted molar refractivity (Wildman–Crippen MR) is 210 cm³/mol. The molecule has 1 heterocycles. The van der Waals surface area contributed by atoms with Gasteiger partial charge in [-0.25, -0.2) is 9.59 Å². The van der Waals surface area contributed by atoms with Crippen LogP contribution < -0.4 is 5.32 Å². The molecule has 1 aliphatic heterocycles. The number of aliphatic hydroxyl groups excluding tert-OH is 2. The van der Waals surface area contributed by atoms with Crippen LogP contribution in [0, 0.1) is 105 Å². The minimum atomic E-state index is -2.19. The van der Waals surface area contributed by atoms with Gasteiger partial charge in [-0.3, -0.25) is 9.59 Å². The second kappa shape index (κ2) is 18.3. The summed E-state index contributed by atoms with van der Waals surface area (Å²) >= 11 is 2.11. The number of ether oxygens (including phenoxy) is 3. The van der Waals surface area contributed by atoms with E-state index in [2.05, 4.69) is 27.9 Å². The molecule has 2 radical (unpaired) electrons. The van der Waals surface area contributed by atoms with Crippen molar-refractivity contribution in [3.8, 4) is 0 Å². The van der Waals surface area contributed by atoms with Gasteiger partial charge >= 0.3 is 11.9 Å². The Bertz CT molecular complexity index is 2060. The molecule has 1 amide bonds. The maximum Gasteiger partial charge on any atom is 0.338 e. The summed E-state index contributed by atoms with van der Waals surface area (Å²) in [6.45, 7) is 6.25. The van der Waals surface area contributed by atoms with E-state index in [-0.39, 0.29) is 118 Å². The van der Waals surface area contributed by atoms with Gasteiger partial charge in [0.1, 0.15) is 29.5 Å². The van der Waals surface area contributed by atoms with Crippen LogP contribution >= 0.6 is 22.6 Å². The van der Waals surface area contributed by atoms with Crippen LogP contribution in [0.3, 0.4) is 0 Å². The first-order valence-electron chi connectivity index (χ1n) is 18.7. The second-order valence-electron chi connectivity index (χ2n) is 16.2. The molecule has 1 saturated heterocycles. The predicted octanol–water partition coefficient (Wildman–Crippen LogP) is 4.04. The zero-order valence-corrected chi connectivity index (χ0v) is 44.2. The number of carbonyl (C=O) groups is 4. The van der Waals surface area contributed by atoms with Crippen molar-refractivity contribution in [2.75, 3.05) is 6.61 Å². The molecule has 4 aliphatic rings. The molecule has 9 unspecified atom stereocenters. The Morgan fingerprint density at radius 3 is 1.98 bits per heavy atom. The summed E-state index contributed by atoms with van der Waals surface area (Å²) in [5, 5.41) is 52.3. The van der Waals surface area contributed by atoms with Crippen molar-refractivity contribution in [1.29, 1.82) is 0 Å². The average Bonchev–Trinajstić information content (AvgIpc) is 3.19. The number of fused-ring (bicyclic) bond motifs is 5. The fraction of sp³-hybridized carbons (Fsp3) is 0.442. The van der Waals surface area contributed by atoms with Gasteiger partial charge in [-0.2, -0.15) is 0 Å². The van der Waals surface area contributed by atoms with E-state index in [9.17, 15) is 39.6 Å².